The Hall–Kier alpha value is -0.850. The molecule has 0 N–H and O–H groups in total. The molecule has 0 heterocycles. The van der Waals surface area contributed by atoms with E-state index in [2.05, 4.69) is 5.16 Å². The molecule has 9 heteroatoms. The number of benzene rings is 1. The van der Waals surface area contributed by atoms with E-state index < -0.39 is 0 Å². The number of hydrogen-bond acceptors (Lipinski definition) is 5. The highest BCUT2D eigenvalue weighted by molar-refractivity contribution is 6.55. The van der Waals surface area contributed by atoms with Crippen molar-refractivity contribution in [3.8, 4) is 11.5 Å². The van der Waals surface area contributed by atoms with Crippen LogP contribution in [0.15, 0.2) is 27.9 Å². The van der Waals surface area contributed by atoms with Crippen LogP contribution >= 0.6 is 46.4 Å². The molecule has 0 saturated heterocycles. The van der Waals surface area contributed by atoms with Gasteiger partial charge in [0.25, 0.3) is 0 Å². The first-order valence-corrected chi connectivity index (χ1v) is 10.2. The molecule has 0 aliphatic heterocycles. The molecule has 0 amide bonds. The van der Waals surface area contributed by atoms with Crippen LogP contribution in [-0.4, -0.2) is 38.2 Å². The number of ether oxygens (including phenoxy) is 3. The van der Waals surface area contributed by atoms with Crippen LogP contribution < -0.4 is 9.47 Å². The van der Waals surface area contributed by atoms with Crippen molar-refractivity contribution in [1.29, 1.82) is 0 Å². The minimum Gasteiger partial charge on any atom is -0.490 e. The standard InChI is InChI=1S/C19H25Cl4NO4/c1-19(2,3)28-24-7-4-8-25-9-5-10-27-18-15(20)12-14(13-16(18)21)26-11-6-17(22)23/h6-7,12-13H,4-5,8-11H2,1-3H3. The Morgan fingerprint density at radius 1 is 1.04 bits per heavy atom. The average Bonchev–Trinajstić information content (AvgIpc) is 2.57. The van der Waals surface area contributed by atoms with Crippen molar-refractivity contribution < 1.29 is 19.0 Å². The van der Waals surface area contributed by atoms with Gasteiger partial charge in [-0.3, -0.25) is 0 Å². The van der Waals surface area contributed by atoms with Crippen LogP contribution in [0, 0.1) is 0 Å². The maximum absolute atomic E-state index is 6.20. The SMILES string of the molecule is CC(C)(C)ON=CCCOCCCOc1c(Cl)cc(OCC=C(Cl)Cl)cc1Cl. The Kier molecular flexibility index (Phi) is 12.0. The van der Waals surface area contributed by atoms with E-state index in [1.165, 1.54) is 6.08 Å². The summed E-state index contributed by atoms with van der Waals surface area (Å²) in [4.78, 5) is 5.23. The lowest BCUT2D eigenvalue weighted by atomic mass is 10.2. The Morgan fingerprint density at radius 2 is 1.71 bits per heavy atom. The Balaban J connectivity index is 2.25. The van der Waals surface area contributed by atoms with Gasteiger partial charge in [-0.05, 0) is 26.8 Å². The number of halogens is 4. The van der Waals surface area contributed by atoms with Gasteiger partial charge in [-0.2, -0.15) is 0 Å². The summed E-state index contributed by atoms with van der Waals surface area (Å²) in [6, 6.07) is 3.24. The number of nitrogens with zero attached hydrogens (tertiary/aromatic N) is 1. The summed E-state index contributed by atoms with van der Waals surface area (Å²) in [7, 11) is 0. The smallest absolute Gasteiger partial charge is 0.156 e. The molecule has 0 bridgehead atoms. The second-order valence-electron chi connectivity index (χ2n) is 6.62. The van der Waals surface area contributed by atoms with Gasteiger partial charge in [-0.15, -0.1) is 0 Å². The molecule has 0 fully saturated rings. The van der Waals surface area contributed by atoms with E-state index in [0.29, 0.717) is 54.2 Å². The van der Waals surface area contributed by atoms with Crippen molar-refractivity contribution in [2.75, 3.05) is 26.4 Å². The first kappa shape index (κ1) is 25.2. The summed E-state index contributed by atoms with van der Waals surface area (Å²) >= 11 is 23.5. The van der Waals surface area contributed by atoms with Gasteiger partial charge in [0, 0.05) is 37.8 Å². The van der Waals surface area contributed by atoms with E-state index in [1.54, 1.807) is 18.3 Å². The van der Waals surface area contributed by atoms with Crippen LogP contribution in [0.25, 0.3) is 0 Å². The van der Waals surface area contributed by atoms with Crippen molar-refractivity contribution >= 4 is 52.6 Å². The zero-order valence-electron chi connectivity index (χ0n) is 16.1. The summed E-state index contributed by atoms with van der Waals surface area (Å²) in [6.07, 6.45) is 4.58. The molecule has 0 saturated carbocycles. The molecule has 158 valence electrons. The van der Waals surface area contributed by atoms with Crippen molar-refractivity contribution in [2.24, 2.45) is 5.16 Å². The maximum atomic E-state index is 6.20. The zero-order chi connectivity index (χ0) is 21.0. The molecule has 5 nitrogen and oxygen atoms in total. The lowest BCUT2D eigenvalue weighted by molar-refractivity contribution is 0.00127. The fraction of sp³-hybridized carbons (Fsp3) is 0.526. The van der Waals surface area contributed by atoms with Gasteiger partial charge < -0.3 is 19.0 Å². The topological polar surface area (TPSA) is 49.3 Å². The number of oxime groups is 1. The van der Waals surface area contributed by atoms with Gasteiger partial charge >= 0.3 is 0 Å². The minimum atomic E-state index is -0.281. The quantitative estimate of drug-likeness (QED) is 0.193. The van der Waals surface area contributed by atoms with Gasteiger partial charge in [0.1, 0.15) is 22.4 Å². The molecule has 1 aromatic rings. The molecule has 0 aromatic heterocycles. The van der Waals surface area contributed by atoms with Crippen LogP contribution in [0.5, 0.6) is 11.5 Å². The van der Waals surface area contributed by atoms with E-state index in [4.69, 9.17) is 65.5 Å². The highest BCUT2D eigenvalue weighted by atomic mass is 35.5. The third-order valence-electron chi connectivity index (χ3n) is 2.93. The van der Waals surface area contributed by atoms with Crippen LogP contribution in [0.4, 0.5) is 0 Å². The Bertz CT molecular complexity index is 633. The fourth-order valence-corrected chi connectivity index (χ4v) is 2.48. The van der Waals surface area contributed by atoms with E-state index in [0.717, 1.165) is 0 Å². The monoisotopic (exact) mass is 471 g/mol. The van der Waals surface area contributed by atoms with E-state index in [-0.39, 0.29) is 16.7 Å². The van der Waals surface area contributed by atoms with Gasteiger partial charge in [0.15, 0.2) is 5.75 Å². The first-order chi connectivity index (χ1) is 13.2. The molecule has 28 heavy (non-hydrogen) atoms. The summed E-state index contributed by atoms with van der Waals surface area (Å²) < 4.78 is 16.7. The molecule has 0 radical (unpaired) electrons. The Morgan fingerprint density at radius 3 is 2.32 bits per heavy atom. The largest absolute Gasteiger partial charge is 0.490 e. The number of rotatable bonds is 12. The van der Waals surface area contributed by atoms with Gasteiger partial charge in [0.05, 0.1) is 23.3 Å². The van der Waals surface area contributed by atoms with E-state index >= 15 is 0 Å². The fourth-order valence-electron chi connectivity index (χ4n) is 1.78. The molecule has 0 unspecified atom stereocenters. The van der Waals surface area contributed by atoms with Crippen LogP contribution in [-0.2, 0) is 9.57 Å². The molecule has 0 aliphatic carbocycles. The average molecular weight is 473 g/mol. The second kappa shape index (κ2) is 13.4. The summed E-state index contributed by atoms with van der Waals surface area (Å²) in [5.74, 6) is 0.904. The molecule has 1 rings (SSSR count). The van der Waals surface area contributed by atoms with Crippen LogP contribution in [0.3, 0.4) is 0 Å². The number of hydrogen-bond donors (Lipinski definition) is 0. The second-order valence-corrected chi connectivity index (χ2v) is 8.44. The van der Waals surface area contributed by atoms with Crippen LogP contribution in [0.2, 0.25) is 10.0 Å². The molecule has 0 aliphatic rings. The summed E-state index contributed by atoms with van der Waals surface area (Å²) in [5, 5.41) is 4.61. The summed E-state index contributed by atoms with van der Waals surface area (Å²) in [6.45, 7) is 7.56. The predicted octanol–water partition coefficient (Wildman–Crippen LogP) is 6.67. The molecular weight excluding hydrogens is 448 g/mol. The lowest BCUT2D eigenvalue weighted by Gasteiger charge is -2.14. The molecular formula is C19H25Cl4NO4. The zero-order valence-corrected chi connectivity index (χ0v) is 19.2. The third kappa shape index (κ3) is 11.9. The van der Waals surface area contributed by atoms with Crippen LogP contribution in [0.1, 0.15) is 33.6 Å². The van der Waals surface area contributed by atoms with Crippen molar-refractivity contribution in [1.82, 2.24) is 0 Å². The normalized spacial score (nSPS) is 11.5. The van der Waals surface area contributed by atoms with Gasteiger partial charge in [-0.25, -0.2) is 0 Å². The maximum Gasteiger partial charge on any atom is 0.156 e. The third-order valence-corrected chi connectivity index (χ3v) is 3.80. The lowest BCUT2D eigenvalue weighted by Crippen LogP contribution is -2.15. The van der Waals surface area contributed by atoms with Gasteiger partial charge in [0.2, 0.25) is 0 Å². The van der Waals surface area contributed by atoms with Crippen molar-refractivity contribution in [3.63, 3.8) is 0 Å². The predicted molar refractivity (Wildman–Crippen MR) is 117 cm³/mol. The minimum absolute atomic E-state index is 0.130. The first-order valence-electron chi connectivity index (χ1n) is 8.72. The van der Waals surface area contributed by atoms with Gasteiger partial charge in [-0.1, -0.05) is 51.6 Å². The highest BCUT2D eigenvalue weighted by Crippen LogP contribution is 2.37. The molecule has 1 aromatic carbocycles. The Labute approximate surface area is 186 Å². The highest BCUT2D eigenvalue weighted by Gasteiger charge is 2.11. The van der Waals surface area contributed by atoms with Crippen molar-refractivity contribution in [3.05, 3.63) is 32.7 Å². The molecule has 0 spiro atoms. The van der Waals surface area contributed by atoms with Crippen molar-refractivity contribution in [2.45, 2.75) is 39.2 Å². The van der Waals surface area contributed by atoms with E-state index in [9.17, 15) is 0 Å². The molecule has 0 atom stereocenters. The summed E-state index contributed by atoms with van der Waals surface area (Å²) in [5.41, 5.74) is -0.281. The van der Waals surface area contributed by atoms with E-state index in [1.807, 2.05) is 20.8 Å².